The Labute approximate surface area is 207 Å². The van der Waals surface area contributed by atoms with Gasteiger partial charge in [0.1, 0.15) is 11.2 Å². The average molecular weight is 579 g/mol. The maximum atomic E-state index is 13.6. The fraction of sp³-hybridized carbons (Fsp3) is 0.0385. The summed E-state index contributed by atoms with van der Waals surface area (Å²) in [5, 5.41) is 12.8. The van der Waals surface area contributed by atoms with Crippen LogP contribution in [0.3, 0.4) is 0 Å². The summed E-state index contributed by atoms with van der Waals surface area (Å²) in [7, 11) is 0. The van der Waals surface area contributed by atoms with Crippen LogP contribution in [0.5, 0.6) is 0 Å². The van der Waals surface area contributed by atoms with Crippen molar-refractivity contribution in [3.05, 3.63) is 95.9 Å². The van der Waals surface area contributed by atoms with Crippen LogP contribution in [0.4, 0.5) is 0 Å². The molecule has 4 aromatic carbocycles. The lowest BCUT2D eigenvalue weighted by Crippen LogP contribution is -2.32. The highest BCUT2D eigenvalue weighted by atomic mass is 79.9. The third kappa shape index (κ3) is 2.95. The number of rotatable bonds is 3. The van der Waals surface area contributed by atoms with Gasteiger partial charge in [0.05, 0.1) is 27.4 Å². The monoisotopic (exact) mass is 577 g/mol. The number of halogens is 2. The molecular formula is C26H13Br2NO5. The summed E-state index contributed by atoms with van der Waals surface area (Å²) in [6.45, 7) is 0. The third-order valence-electron chi connectivity index (χ3n) is 6.05. The van der Waals surface area contributed by atoms with Crippen LogP contribution in [-0.2, 0) is 11.2 Å². The van der Waals surface area contributed by atoms with Gasteiger partial charge in [-0.1, -0.05) is 46.3 Å². The van der Waals surface area contributed by atoms with Crippen LogP contribution < -0.4 is 11.1 Å². The lowest BCUT2D eigenvalue weighted by atomic mass is 9.96. The van der Waals surface area contributed by atoms with E-state index in [0.717, 1.165) is 19.8 Å². The maximum absolute atomic E-state index is 13.6. The topological polar surface area (TPSA) is 89.5 Å². The van der Waals surface area contributed by atoms with E-state index in [1.807, 2.05) is 24.3 Å². The zero-order valence-corrected chi connectivity index (χ0v) is 20.4. The fourth-order valence-electron chi connectivity index (χ4n) is 4.62. The first kappa shape index (κ1) is 21.1. The van der Waals surface area contributed by atoms with E-state index in [9.17, 15) is 14.4 Å². The normalized spacial score (nSPS) is 11.8. The molecule has 0 spiro atoms. The van der Waals surface area contributed by atoms with Gasteiger partial charge in [0.2, 0.25) is 0 Å². The fourth-order valence-corrected chi connectivity index (χ4v) is 5.77. The van der Waals surface area contributed by atoms with Crippen molar-refractivity contribution in [2.24, 2.45) is 0 Å². The van der Waals surface area contributed by atoms with Crippen molar-refractivity contribution < 1.29 is 14.3 Å². The van der Waals surface area contributed by atoms with E-state index in [1.54, 1.807) is 36.4 Å². The zero-order chi connectivity index (χ0) is 23.7. The van der Waals surface area contributed by atoms with E-state index in [-0.39, 0.29) is 6.42 Å². The molecule has 0 bridgehead atoms. The van der Waals surface area contributed by atoms with Gasteiger partial charge in [-0.3, -0.25) is 14.4 Å². The molecule has 0 unspecified atom stereocenters. The first-order chi connectivity index (χ1) is 16.3. The van der Waals surface area contributed by atoms with Crippen LogP contribution in [0.15, 0.2) is 83.6 Å². The smallest absolute Gasteiger partial charge is 0.307 e. The Kier molecular flexibility index (Phi) is 4.65. The molecular weight excluding hydrogens is 566 g/mol. The van der Waals surface area contributed by atoms with Gasteiger partial charge in [-0.15, -0.1) is 0 Å². The molecule has 34 heavy (non-hydrogen) atoms. The highest BCUT2D eigenvalue weighted by molar-refractivity contribution is 9.11. The number of hydrogen-bond acceptors (Lipinski definition) is 4. The Bertz CT molecular complexity index is 1890. The van der Waals surface area contributed by atoms with Crippen LogP contribution in [0, 0.1) is 0 Å². The quantitative estimate of drug-likeness (QED) is 0.206. The molecule has 0 aliphatic heterocycles. The van der Waals surface area contributed by atoms with Crippen molar-refractivity contribution in [3.8, 4) is 5.69 Å². The van der Waals surface area contributed by atoms with E-state index in [2.05, 4.69) is 31.9 Å². The van der Waals surface area contributed by atoms with Crippen LogP contribution >= 0.6 is 31.9 Å². The van der Waals surface area contributed by atoms with Gasteiger partial charge < -0.3 is 9.52 Å². The molecule has 166 valence electrons. The molecule has 0 radical (unpaired) electrons. The SMILES string of the molecule is O=C(O)Cc1ccc(-n2c(=O)c3cc(Br)c4oc5ccccc5c5c(Br)cc(c2=O)c3c45)cc1. The molecule has 0 aliphatic carbocycles. The number of pyridine rings is 1. The Balaban J connectivity index is 1.77. The number of aromatic nitrogens is 1. The van der Waals surface area contributed by atoms with Crippen molar-refractivity contribution in [2.75, 3.05) is 0 Å². The van der Waals surface area contributed by atoms with Crippen molar-refractivity contribution in [1.29, 1.82) is 0 Å². The molecule has 6 rings (SSSR count). The van der Waals surface area contributed by atoms with Gasteiger partial charge >= 0.3 is 5.97 Å². The number of nitrogens with zero attached hydrogens (tertiary/aromatic N) is 1. The van der Waals surface area contributed by atoms with Crippen LogP contribution in [0.25, 0.3) is 49.2 Å². The molecule has 6 aromatic rings. The number of aliphatic carboxylic acids is 1. The van der Waals surface area contributed by atoms with E-state index >= 15 is 0 Å². The number of carbonyl (C=O) groups is 1. The number of carboxylic acid groups (broad SMARTS) is 1. The molecule has 0 aliphatic rings. The molecule has 2 heterocycles. The first-order valence-corrected chi connectivity index (χ1v) is 11.9. The number of benzene rings is 4. The number of hydrogen-bond donors (Lipinski definition) is 1. The van der Waals surface area contributed by atoms with Crippen molar-refractivity contribution >= 4 is 81.3 Å². The third-order valence-corrected chi connectivity index (χ3v) is 7.26. The van der Waals surface area contributed by atoms with Gasteiger partial charge in [-0.2, -0.15) is 0 Å². The minimum Gasteiger partial charge on any atom is -0.481 e. The second-order valence-electron chi connectivity index (χ2n) is 8.05. The molecule has 1 N–H and O–H groups in total. The minimum absolute atomic E-state index is 0.142. The van der Waals surface area contributed by atoms with Crippen LogP contribution in [-0.4, -0.2) is 15.6 Å². The summed E-state index contributed by atoms with van der Waals surface area (Å²) in [5.74, 6) is -0.954. The second-order valence-corrected chi connectivity index (χ2v) is 9.76. The van der Waals surface area contributed by atoms with Gasteiger partial charge in [-0.05, 0) is 51.8 Å². The molecule has 0 fully saturated rings. The lowest BCUT2D eigenvalue weighted by molar-refractivity contribution is -0.136. The highest BCUT2D eigenvalue weighted by Crippen LogP contribution is 2.43. The van der Waals surface area contributed by atoms with Gasteiger partial charge in [0, 0.05) is 26.0 Å². The molecule has 0 amide bonds. The molecule has 0 atom stereocenters. The average Bonchev–Trinajstić information content (AvgIpc) is 2.81. The van der Waals surface area contributed by atoms with E-state index < -0.39 is 17.1 Å². The van der Waals surface area contributed by atoms with Crippen LogP contribution in [0.2, 0.25) is 0 Å². The summed E-state index contributed by atoms with van der Waals surface area (Å²) < 4.78 is 8.64. The second kappa shape index (κ2) is 7.51. The summed E-state index contributed by atoms with van der Waals surface area (Å²) in [6, 6.07) is 17.5. The number of para-hydroxylation sites is 1. The first-order valence-electron chi connectivity index (χ1n) is 10.3. The molecule has 0 saturated heterocycles. The Hall–Kier alpha value is -3.49. The largest absolute Gasteiger partial charge is 0.481 e. The summed E-state index contributed by atoms with van der Waals surface area (Å²) in [6.07, 6.45) is -0.142. The molecule has 8 heteroatoms. The van der Waals surface area contributed by atoms with Gasteiger partial charge in [0.15, 0.2) is 0 Å². The summed E-state index contributed by atoms with van der Waals surface area (Å²) in [5.41, 5.74) is 1.29. The van der Waals surface area contributed by atoms with Crippen molar-refractivity contribution in [2.45, 2.75) is 6.42 Å². The zero-order valence-electron chi connectivity index (χ0n) is 17.3. The molecule has 6 nitrogen and oxygen atoms in total. The number of fused-ring (bicyclic) bond motifs is 2. The standard InChI is InChI=1S/C26H13Br2NO5/c27-17-10-15-21-16(11-18(28)24-23(21)22(17)14-3-1-2-4-19(14)34-24)26(33)29(25(15)32)13-7-5-12(6-8-13)9-20(30)31/h1-8,10-11H,9H2,(H,30,31). The lowest BCUT2D eigenvalue weighted by Gasteiger charge is -2.16. The summed E-state index contributed by atoms with van der Waals surface area (Å²) in [4.78, 5) is 38.2. The van der Waals surface area contributed by atoms with Crippen molar-refractivity contribution in [3.63, 3.8) is 0 Å². The predicted octanol–water partition coefficient (Wildman–Crippen LogP) is 5.99. The Morgan fingerprint density at radius 3 is 2.15 bits per heavy atom. The van der Waals surface area contributed by atoms with Crippen LogP contribution in [0.1, 0.15) is 5.56 Å². The van der Waals surface area contributed by atoms with Crippen molar-refractivity contribution in [1.82, 2.24) is 4.57 Å². The predicted molar refractivity (Wildman–Crippen MR) is 139 cm³/mol. The Morgan fingerprint density at radius 1 is 0.824 bits per heavy atom. The maximum Gasteiger partial charge on any atom is 0.307 e. The van der Waals surface area contributed by atoms with E-state index in [0.29, 0.717) is 48.4 Å². The molecule has 0 saturated carbocycles. The molecule has 2 aromatic heterocycles. The van der Waals surface area contributed by atoms with E-state index in [4.69, 9.17) is 9.52 Å². The van der Waals surface area contributed by atoms with E-state index in [1.165, 1.54) is 0 Å². The Morgan fingerprint density at radius 2 is 1.47 bits per heavy atom. The highest BCUT2D eigenvalue weighted by Gasteiger charge is 2.23. The van der Waals surface area contributed by atoms with Gasteiger partial charge in [-0.25, -0.2) is 4.57 Å². The minimum atomic E-state index is -0.954. The number of carboxylic acids is 1. The summed E-state index contributed by atoms with van der Waals surface area (Å²) >= 11 is 7.21. The van der Waals surface area contributed by atoms with Gasteiger partial charge in [0.25, 0.3) is 11.1 Å².